The highest BCUT2D eigenvalue weighted by molar-refractivity contribution is 6.00. The number of benzene rings is 1. The Morgan fingerprint density at radius 1 is 1.10 bits per heavy atom. The Bertz CT molecular complexity index is 913. The van der Waals surface area contributed by atoms with E-state index in [0.29, 0.717) is 12.0 Å². The number of methoxy groups -OCH3 is 2. The van der Waals surface area contributed by atoms with E-state index in [-0.39, 0.29) is 34.5 Å². The van der Waals surface area contributed by atoms with E-state index in [0.717, 1.165) is 36.8 Å². The topological polar surface area (TPSA) is 78.9 Å². The molecule has 0 amide bonds. The van der Waals surface area contributed by atoms with E-state index in [9.17, 15) is 14.4 Å². The van der Waals surface area contributed by atoms with Gasteiger partial charge >= 0.3 is 17.9 Å². The molecule has 0 spiro atoms. The number of carbonyl (C=O) groups is 3. The second-order valence-electron chi connectivity index (χ2n) is 9.84. The smallest absolute Gasteiger partial charge is 0.342 e. The van der Waals surface area contributed by atoms with Crippen molar-refractivity contribution in [2.24, 2.45) is 11.3 Å². The first-order chi connectivity index (χ1) is 14.5. The summed E-state index contributed by atoms with van der Waals surface area (Å²) in [5.74, 6) is -1.22. The Labute approximate surface area is 184 Å². The van der Waals surface area contributed by atoms with Crippen molar-refractivity contribution in [3.63, 3.8) is 0 Å². The summed E-state index contributed by atoms with van der Waals surface area (Å²) in [6.45, 7) is 9.66. The molecule has 6 heteroatoms. The van der Waals surface area contributed by atoms with Gasteiger partial charge in [-0.3, -0.25) is 9.59 Å². The summed E-state index contributed by atoms with van der Waals surface area (Å²) < 4.78 is 16.2. The number of carbonyl (C=O) groups excluding carboxylic acids is 3. The van der Waals surface area contributed by atoms with Crippen molar-refractivity contribution in [3.8, 4) is 5.75 Å². The molecule has 0 bridgehead atoms. The van der Waals surface area contributed by atoms with Crippen molar-refractivity contribution < 1.29 is 28.6 Å². The molecule has 1 saturated carbocycles. The zero-order chi connectivity index (χ0) is 23.1. The van der Waals surface area contributed by atoms with Crippen molar-refractivity contribution in [1.29, 1.82) is 0 Å². The van der Waals surface area contributed by atoms with Gasteiger partial charge in [-0.2, -0.15) is 0 Å². The van der Waals surface area contributed by atoms with Gasteiger partial charge in [0.2, 0.25) is 0 Å². The zero-order valence-electron chi connectivity index (χ0n) is 19.7. The SMILES string of the molecule is COC(=O)c1c(OC(C)=O)c(C(C)C)cc2c1C1(C(=O)OC)CCCC(C)(C)C1CC2. The second-order valence-corrected chi connectivity index (χ2v) is 9.84. The van der Waals surface area contributed by atoms with Crippen molar-refractivity contribution >= 4 is 17.9 Å². The molecule has 0 radical (unpaired) electrons. The maximum absolute atomic E-state index is 13.5. The molecule has 0 aromatic heterocycles. The Hall–Kier alpha value is -2.37. The largest absolute Gasteiger partial charge is 0.468 e. The third-order valence-electron chi connectivity index (χ3n) is 7.28. The zero-order valence-corrected chi connectivity index (χ0v) is 19.7. The fourth-order valence-corrected chi connectivity index (χ4v) is 6.03. The highest BCUT2D eigenvalue weighted by Gasteiger charge is 2.59. The molecule has 2 atom stereocenters. The molecule has 2 aliphatic rings. The van der Waals surface area contributed by atoms with Crippen LogP contribution in [-0.4, -0.2) is 32.1 Å². The third-order valence-corrected chi connectivity index (χ3v) is 7.28. The van der Waals surface area contributed by atoms with Gasteiger partial charge in [0.05, 0.1) is 19.6 Å². The minimum Gasteiger partial charge on any atom is -0.468 e. The molecule has 3 rings (SSSR count). The summed E-state index contributed by atoms with van der Waals surface area (Å²) in [5, 5.41) is 0. The van der Waals surface area contributed by atoms with E-state index in [4.69, 9.17) is 14.2 Å². The van der Waals surface area contributed by atoms with Crippen molar-refractivity contribution in [3.05, 3.63) is 28.3 Å². The Balaban J connectivity index is 2.47. The molecule has 1 aromatic carbocycles. The van der Waals surface area contributed by atoms with Crippen molar-refractivity contribution in [1.82, 2.24) is 0 Å². The minimum absolute atomic E-state index is 0.00665. The van der Waals surface area contributed by atoms with Gasteiger partial charge in [-0.1, -0.05) is 40.2 Å². The van der Waals surface area contributed by atoms with Crippen LogP contribution in [0.1, 0.15) is 93.3 Å². The fourth-order valence-electron chi connectivity index (χ4n) is 6.03. The third kappa shape index (κ3) is 3.64. The van der Waals surface area contributed by atoms with Gasteiger partial charge in [-0.25, -0.2) is 4.79 Å². The maximum Gasteiger partial charge on any atom is 0.342 e. The van der Waals surface area contributed by atoms with E-state index in [2.05, 4.69) is 13.8 Å². The van der Waals surface area contributed by atoms with Gasteiger partial charge in [-0.15, -0.1) is 0 Å². The van der Waals surface area contributed by atoms with Crippen LogP contribution in [0, 0.1) is 11.3 Å². The average molecular weight is 431 g/mol. The second kappa shape index (κ2) is 8.29. The van der Waals surface area contributed by atoms with Crippen LogP contribution in [0.5, 0.6) is 5.75 Å². The normalized spacial score (nSPS) is 24.1. The van der Waals surface area contributed by atoms with Crippen LogP contribution in [0.2, 0.25) is 0 Å². The summed E-state index contributed by atoms with van der Waals surface area (Å²) in [6.07, 6.45) is 4.01. The predicted octanol–water partition coefficient (Wildman–Crippen LogP) is 4.71. The maximum atomic E-state index is 13.5. The average Bonchev–Trinajstić information content (AvgIpc) is 2.70. The summed E-state index contributed by atoms with van der Waals surface area (Å²) in [4.78, 5) is 38.7. The number of ether oxygens (including phenoxy) is 3. The van der Waals surface area contributed by atoms with Gasteiger partial charge in [0.15, 0.2) is 0 Å². The monoisotopic (exact) mass is 430 g/mol. The number of hydrogen-bond donors (Lipinski definition) is 0. The molecule has 0 saturated heterocycles. The number of aryl methyl sites for hydroxylation is 1. The lowest BCUT2D eigenvalue weighted by Crippen LogP contribution is -2.55. The summed E-state index contributed by atoms with van der Waals surface area (Å²) >= 11 is 0. The Morgan fingerprint density at radius 2 is 1.77 bits per heavy atom. The lowest BCUT2D eigenvalue weighted by Gasteiger charge is -2.54. The molecule has 1 aromatic rings. The summed E-state index contributed by atoms with van der Waals surface area (Å²) in [5.41, 5.74) is 1.47. The van der Waals surface area contributed by atoms with Crippen LogP contribution in [-0.2, 0) is 30.9 Å². The van der Waals surface area contributed by atoms with E-state index < -0.39 is 17.4 Å². The number of fused-ring (bicyclic) bond motifs is 3. The van der Waals surface area contributed by atoms with E-state index in [1.807, 2.05) is 19.9 Å². The van der Waals surface area contributed by atoms with Gasteiger partial charge in [-0.05, 0) is 59.6 Å². The standard InChI is InChI=1S/C25H34O6/c1-14(2)17-13-16-9-10-18-24(4,5)11-8-12-25(18,23(28)30-7)20(16)19(22(27)29-6)21(17)31-15(3)26/h13-14,18H,8-12H2,1-7H3. The number of esters is 3. The first-order valence-corrected chi connectivity index (χ1v) is 11.1. The molecule has 170 valence electrons. The van der Waals surface area contributed by atoms with Gasteiger partial charge in [0, 0.05) is 6.92 Å². The lowest BCUT2D eigenvalue weighted by molar-refractivity contribution is -0.156. The molecule has 0 heterocycles. The molecular weight excluding hydrogens is 396 g/mol. The molecule has 2 aliphatic carbocycles. The highest BCUT2D eigenvalue weighted by atomic mass is 16.5. The molecule has 0 N–H and O–H groups in total. The van der Waals surface area contributed by atoms with Crippen LogP contribution in [0.15, 0.2) is 6.07 Å². The van der Waals surface area contributed by atoms with Crippen molar-refractivity contribution in [2.75, 3.05) is 14.2 Å². The van der Waals surface area contributed by atoms with Gasteiger partial charge < -0.3 is 14.2 Å². The molecule has 6 nitrogen and oxygen atoms in total. The minimum atomic E-state index is -0.974. The number of rotatable bonds is 4. The lowest BCUT2D eigenvalue weighted by atomic mass is 9.49. The van der Waals surface area contributed by atoms with Gasteiger partial charge in [0.1, 0.15) is 11.3 Å². The first-order valence-electron chi connectivity index (χ1n) is 11.1. The Kier molecular flexibility index (Phi) is 6.23. The summed E-state index contributed by atoms with van der Waals surface area (Å²) in [6, 6.07) is 2.01. The Morgan fingerprint density at radius 3 is 2.32 bits per heavy atom. The van der Waals surface area contributed by atoms with Crippen LogP contribution < -0.4 is 4.74 Å². The fraction of sp³-hybridized carbons (Fsp3) is 0.640. The van der Waals surface area contributed by atoms with Crippen LogP contribution >= 0.6 is 0 Å². The highest BCUT2D eigenvalue weighted by Crippen LogP contribution is 2.59. The molecule has 31 heavy (non-hydrogen) atoms. The van der Waals surface area contributed by atoms with E-state index in [1.54, 1.807) is 0 Å². The molecule has 0 aliphatic heterocycles. The van der Waals surface area contributed by atoms with E-state index >= 15 is 0 Å². The van der Waals surface area contributed by atoms with Crippen LogP contribution in [0.3, 0.4) is 0 Å². The number of hydrogen-bond acceptors (Lipinski definition) is 6. The van der Waals surface area contributed by atoms with Crippen molar-refractivity contribution in [2.45, 2.75) is 78.1 Å². The van der Waals surface area contributed by atoms with Crippen LogP contribution in [0.25, 0.3) is 0 Å². The summed E-state index contributed by atoms with van der Waals surface area (Å²) in [7, 11) is 2.71. The molecule has 2 unspecified atom stereocenters. The molecule has 1 fully saturated rings. The van der Waals surface area contributed by atoms with E-state index in [1.165, 1.54) is 21.1 Å². The molecular formula is C25H34O6. The quantitative estimate of drug-likeness (QED) is 0.509. The first kappa shape index (κ1) is 23.3. The predicted molar refractivity (Wildman–Crippen MR) is 116 cm³/mol. The van der Waals surface area contributed by atoms with Crippen LogP contribution in [0.4, 0.5) is 0 Å². The van der Waals surface area contributed by atoms with Gasteiger partial charge in [0.25, 0.3) is 0 Å².